The zero-order chi connectivity index (χ0) is 20.1. The van der Waals surface area contributed by atoms with Gasteiger partial charge in [-0.1, -0.05) is 29.5 Å². The van der Waals surface area contributed by atoms with Crippen molar-refractivity contribution in [2.24, 2.45) is 0 Å². The number of benzene rings is 1. The van der Waals surface area contributed by atoms with Crippen LogP contribution in [0.5, 0.6) is 0 Å². The van der Waals surface area contributed by atoms with E-state index in [9.17, 15) is 9.59 Å². The van der Waals surface area contributed by atoms with Crippen molar-refractivity contribution in [3.8, 4) is 0 Å². The lowest BCUT2D eigenvalue weighted by atomic mass is 10.2. The van der Waals surface area contributed by atoms with Gasteiger partial charge in [0.1, 0.15) is 0 Å². The average molecular weight is 430 g/mol. The Bertz CT molecular complexity index is 932. The van der Waals surface area contributed by atoms with Crippen molar-refractivity contribution in [1.82, 2.24) is 10.3 Å². The molecule has 0 bridgehead atoms. The Morgan fingerprint density at radius 3 is 2.90 bits per heavy atom. The van der Waals surface area contributed by atoms with Gasteiger partial charge in [0.15, 0.2) is 5.13 Å². The number of thiophene rings is 1. The Morgan fingerprint density at radius 1 is 1.24 bits per heavy atom. The number of hydrogen-bond donors (Lipinski definition) is 1. The van der Waals surface area contributed by atoms with E-state index in [0.29, 0.717) is 35.9 Å². The number of hydrogen-bond acceptors (Lipinski definition) is 6. The van der Waals surface area contributed by atoms with E-state index in [-0.39, 0.29) is 17.9 Å². The first-order chi connectivity index (χ1) is 14.2. The fourth-order valence-corrected chi connectivity index (χ4v) is 4.96. The normalized spacial score (nSPS) is 16.2. The molecule has 8 heteroatoms. The van der Waals surface area contributed by atoms with Crippen LogP contribution >= 0.6 is 22.7 Å². The Morgan fingerprint density at radius 2 is 2.14 bits per heavy atom. The molecular formula is C21H23N3O3S2. The van der Waals surface area contributed by atoms with Gasteiger partial charge < -0.3 is 10.1 Å². The van der Waals surface area contributed by atoms with Crippen LogP contribution in [0.15, 0.2) is 41.8 Å². The molecule has 2 aromatic heterocycles. The summed E-state index contributed by atoms with van der Waals surface area (Å²) >= 11 is 2.94. The molecule has 3 heterocycles. The van der Waals surface area contributed by atoms with Crippen molar-refractivity contribution < 1.29 is 14.3 Å². The maximum absolute atomic E-state index is 13.0. The summed E-state index contributed by atoms with van der Waals surface area (Å²) in [5, 5.41) is 5.47. The summed E-state index contributed by atoms with van der Waals surface area (Å²) in [5.74, 6) is -0.0697. The van der Waals surface area contributed by atoms with Crippen LogP contribution in [-0.4, -0.2) is 42.6 Å². The van der Waals surface area contributed by atoms with E-state index >= 15 is 0 Å². The highest BCUT2D eigenvalue weighted by atomic mass is 32.1. The zero-order valence-corrected chi connectivity index (χ0v) is 17.6. The number of fused-ring (bicyclic) bond motifs is 1. The van der Waals surface area contributed by atoms with Gasteiger partial charge in [-0.2, -0.15) is 0 Å². The summed E-state index contributed by atoms with van der Waals surface area (Å²) < 4.78 is 6.82. The van der Waals surface area contributed by atoms with Gasteiger partial charge in [-0.15, -0.1) is 11.3 Å². The Kier molecular flexibility index (Phi) is 6.53. The van der Waals surface area contributed by atoms with Crippen molar-refractivity contribution in [3.63, 3.8) is 0 Å². The fraction of sp³-hybridized carbons (Fsp3) is 0.381. The predicted octanol–water partition coefficient (Wildman–Crippen LogP) is 4.08. The molecule has 1 aliphatic heterocycles. The number of carbonyl (C=O) groups is 2. The SMILES string of the molecule is O=C(NCCCC(=O)N(CC1CCCO1)c1nc2ccccc2s1)c1cccs1. The quantitative estimate of drug-likeness (QED) is 0.548. The van der Waals surface area contributed by atoms with Crippen LogP contribution in [0, 0.1) is 0 Å². The second kappa shape index (κ2) is 9.47. The van der Waals surface area contributed by atoms with Crippen LogP contribution in [0.2, 0.25) is 0 Å². The minimum absolute atomic E-state index is 0.0185. The van der Waals surface area contributed by atoms with Gasteiger partial charge in [0.2, 0.25) is 5.91 Å². The molecule has 1 fully saturated rings. The number of nitrogens with zero attached hydrogens (tertiary/aromatic N) is 2. The van der Waals surface area contributed by atoms with E-state index in [1.54, 1.807) is 11.0 Å². The summed E-state index contributed by atoms with van der Waals surface area (Å²) in [7, 11) is 0. The molecule has 0 aliphatic carbocycles. The van der Waals surface area contributed by atoms with Crippen molar-refractivity contribution in [1.29, 1.82) is 0 Å². The summed E-state index contributed by atoms with van der Waals surface area (Å²) in [6, 6.07) is 11.6. The molecule has 6 nitrogen and oxygen atoms in total. The highest BCUT2D eigenvalue weighted by molar-refractivity contribution is 7.22. The minimum atomic E-state index is -0.0881. The first-order valence-electron chi connectivity index (χ1n) is 9.80. The van der Waals surface area contributed by atoms with Gasteiger partial charge in [0, 0.05) is 19.6 Å². The lowest BCUT2D eigenvalue weighted by Gasteiger charge is -2.23. The second-order valence-electron chi connectivity index (χ2n) is 6.94. The predicted molar refractivity (Wildman–Crippen MR) is 117 cm³/mol. The van der Waals surface area contributed by atoms with Crippen LogP contribution in [0.4, 0.5) is 5.13 Å². The number of aromatic nitrogens is 1. The molecule has 1 aliphatic rings. The number of anilines is 1. The largest absolute Gasteiger partial charge is 0.376 e. The van der Waals surface area contributed by atoms with Crippen molar-refractivity contribution in [2.45, 2.75) is 31.8 Å². The summed E-state index contributed by atoms with van der Waals surface area (Å²) in [4.78, 5) is 32.1. The van der Waals surface area contributed by atoms with Gasteiger partial charge in [0.25, 0.3) is 5.91 Å². The molecule has 0 saturated carbocycles. The number of ether oxygens (including phenoxy) is 1. The molecule has 1 unspecified atom stereocenters. The average Bonchev–Trinajstić information content (AvgIpc) is 3.49. The van der Waals surface area contributed by atoms with E-state index in [1.807, 2.05) is 35.7 Å². The standard InChI is InChI=1S/C21H23N3O3S2/c25-19(10-3-11-22-20(26)18-9-5-13-28-18)24(14-15-6-4-12-27-15)21-23-16-7-1-2-8-17(16)29-21/h1-2,5,7-9,13,15H,3-4,6,10-12,14H2,(H,22,26). The van der Waals surface area contributed by atoms with Crippen molar-refractivity contribution in [2.75, 3.05) is 24.6 Å². The van der Waals surface area contributed by atoms with Crippen LogP contribution in [0.25, 0.3) is 10.2 Å². The number of thiazole rings is 1. The van der Waals surface area contributed by atoms with E-state index in [1.165, 1.54) is 22.7 Å². The van der Waals surface area contributed by atoms with Crippen LogP contribution in [0.1, 0.15) is 35.4 Å². The van der Waals surface area contributed by atoms with E-state index in [0.717, 1.165) is 29.7 Å². The summed E-state index contributed by atoms with van der Waals surface area (Å²) in [5.41, 5.74) is 0.904. The molecule has 3 aromatic rings. The molecule has 1 atom stereocenters. The Labute approximate surface area is 177 Å². The highest BCUT2D eigenvalue weighted by Gasteiger charge is 2.25. The number of para-hydroxylation sites is 1. The summed E-state index contributed by atoms with van der Waals surface area (Å²) in [6.07, 6.45) is 2.99. The van der Waals surface area contributed by atoms with Gasteiger partial charge >= 0.3 is 0 Å². The van der Waals surface area contributed by atoms with Crippen molar-refractivity contribution >= 4 is 49.8 Å². The van der Waals surface area contributed by atoms with Crippen molar-refractivity contribution in [3.05, 3.63) is 46.7 Å². The van der Waals surface area contributed by atoms with Gasteiger partial charge in [-0.05, 0) is 42.8 Å². The summed E-state index contributed by atoms with van der Waals surface area (Å²) in [6.45, 7) is 1.75. The molecule has 152 valence electrons. The molecule has 2 amide bonds. The van der Waals surface area contributed by atoms with E-state index in [4.69, 9.17) is 4.74 Å². The smallest absolute Gasteiger partial charge is 0.261 e. The number of rotatable bonds is 8. The topological polar surface area (TPSA) is 71.5 Å². The Balaban J connectivity index is 1.38. The van der Waals surface area contributed by atoms with Crippen LogP contribution in [0.3, 0.4) is 0 Å². The van der Waals surface area contributed by atoms with Crippen LogP contribution in [-0.2, 0) is 9.53 Å². The second-order valence-corrected chi connectivity index (χ2v) is 8.90. The third-order valence-electron chi connectivity index (χ3n) is 4.82. The first-order valence-corrected chi connectivity index (χ1v) is 11.5. The number of amides is 2. The Hall–Kier alpha value is -2.29. The maximum Gasteiger partial charge on any atom is 0.261 e. The van der Waals surface area contributed by atoms with Crippen LogP contribution < -0.4 is 10.2 Å². The van der Waals surface area contributed by atoms with Gasteiger partial charge in [0.05, 0.1) is 27.7 Å². The zero-order valence-electron chi connectivity index (χ0n) is 16.0. The molecule has 1 N–H and O–H groups in total. The first kappa shape index (κ1) is 20.0. The fourth-order valence-electron chi connectivity index (χ4n) is 3.33. The minimum Gasteiger partial charge on any atom is -0.376 e. The molecule has 0 radical (unpaired) electrons. The van der Waals surface area contributed by atoms with Gasteiger partial charge in [-0.3, -0.25) is 14.5 Å². The van der Waals surface area contributed by atoms with E-state index < -0.39 is 0 Å². The number of carbonyl (C=O) groups excluding carboxylic acids is 2. The third kappa shape index (κ3) is 5.01. The molecule has 4 rings (SSSR count). The molecule has 0 spiro atoms. The molecule has 29 heavy (non-hydrogen) atoms. The third-order valence-corrected chi connectivity index (χ3v) is 6.75. The monoisotopic (exact) mass is 429 g/mol. The number of nitrogens with one attached hydrogen (secondary N) is 1. The lowest BCUT2D eigenvalue weighted by Crippen LogP contribution is -2.37. The molecular weight excluding hydrogens is 406 g/mol. The highest BCUT2D eigenvalue weighted by Crippen LogP contribution is 2.30. The molecule has 1 aromatic carbocycles. The molecule has 1 saturated heterocycles. The maximum atomic E-state index is 13.0. The van der Waals surface area contributed by atoms with E-state index in [2.05, 4.69) is 10.3 Å². The lowest BCUT2D eigenvalue weighted by molar-refractivity contribution is -0.119. The van der Waals surface area contributed by atoms with Gasteiger partial charge in [-0.25, -0.2) is 4.98 Å².